The Kier molecular flexibility index (Phi) is 8.26. The van der Waals surface area contributed by atoms with E-state index in [-0.39, 0.29) is 28.8 Å². The summed E-state index contributed by atoms with van der Waals surface area (Å²) in [6.45, 7) is 0.857. The van der Waals surface area contributed by atoms with Crippen molar-refractivity contribution in [2.24, 2.45) is 0 Å². The molecule has 6 N–H and O–H groups in total. The Morgan fingerprint density at radius 3 is 2.58 bits per heavy atom. The number of hydrogen-bond acceptors (Lipinski definition) is 11. The highest BCUT2D eigenvalue weighted by atomic mass is 35.5. The number of terminal acetylenes is 1. The van der Waals surface area contributed by atoms with Gasteiger partial charge in [0.15, 0.2) is 28.8 Å². The molecule has 0 unspecified atom stereocenters. The average Bonchev–Trinajstić information content (AvgIpc) is 3.44. The van der Waals surface area contributed by atoms with E-state index >= 15 is 0 Å². The number of imidazole rings is 1. The fourth-order valence-electron chi connectivity index (χ4n) is 4.28. The van der Waals surface area contributed by atoms with Crippen molar-refractivity contribution < 1.29 is 44.6 Å². The molecule has 1 saturated heterocycles. The van der Waals surface area contributed by atoms with Crippen LogP contribution in [0.3, 0.4) is 0 Å². The summed E-state index contributed by atoms with van der Waals surface area (Å²) in [4.78, 5) is 36.7. The highest BCUT2D eigenvalue weighted by Crippen LogP contribution is 2.39. The van der Waals surface area contributed by atoms with Gasteiger partial charge in [0, 0.05) is 13.0 Å². The Balaban J connectivity index is 1.65. The Labute approximate surface area is 232 Å². The molecule has 1 aliphatic rings. The van der Waals surface area contributed by atoms with Gasteiger partial charge in [-0.25, -0.2) is 14.6 Å². The number of carbonyl (C=O) groups is 2. The second kappa shape index (κ2) is 11.3. The standard InChI is InChI=1S/C25H26ClN5O9/c1-3-24(38)15(11-39-25(21(34)35,22(36)37)9-14-7-5-4-6-8-14)40-20(17(24)33)31-12-28-16-18(27-10-13(2)32)29-23(26)30-19(16)31/h1,4-8,12-13,15,17,20,32-33,38H,9-11H2,2H3,(H,34,35)(H,36,37)(H,27,29,30)/t13-,15-,17+,20-,24-/m1/s1. The van der Waals surface area contributed by atoms with Crippen LogP contribution < -0.4 is 5.32 Å². The summed E-state index contributed by atoms with van der Waals surface area (Å²) < 4.78 is 12.5. The Morgan fingerprint density at radius 1 is 1.30 bits per heavy atom. The fourth-order valence-corrected chi connectivity index (χ4v) is 4.44. The van der Waals surface area contributed by atoms with Crippen molar-refractivity contribution in [2.75, 3.05) is 18.5 Å². The zero-order valence-corrected chi connectivity index (χ0v) is 21.8. The molecule has 14 nitrogen and oxygen atoms in total. The predicted molar refractivity (Wildman–Crippen MR) is 138 cm³/mol. The number of nitrogens with zero attached hydrogens (tertiary/aromatic N) is 4. The van der Waals surface area contributed by atoms with Gasteiger partial charge in [-0.15, -0.1) is 6.42 Å². The van der Waals surface area contributed by atoms with E-state index in [0.29, 0.717) is 5.56 Å². The Hall–Kier alpha value is -3.84. The molecule has 0 amide bonds. The van der Waals surface area contributed by atoms with Crippen LogP contribution in [0, 0.1) is 12.3 Å². The van der Waals surface area contributed by atoms with Crippen molar-refractivity contribution in [3.8, 4) is 12.3 Å². The SMILES string of the molecule is C#C[C@@]1(O)[C@@H](COC(Cc2ccccc2)(C(=O)O)C(=O)O)O[C@@H](n2cnc3c(NC[C@@H](C)O)nc(Cl)nc32)[C@@H]1O. The van der Waals surface area contributed by atoms with Crippen molar-refractivity contribution in [3.05, 3.63) is 47.5 Å². The molecule has 5 atom stereocenters. The van der Waals surface area contributed by atoms with Gasteiger partial charge in [-0.3, -0.25) is 4.57 Å². The van der Waals surface area contributed by atoms with Crippen LogP contribution in [0.5, 0.6) is 0 Å². The molecule has 212 valence electrons. The molecule has 0 aliphatic carbocycles. The maximum absolute atomic E-state index is 12.2. The van der Waals surface area contributed by atoms with Crippen LogP contribution in [0.15, 0.2) is 36.7 Å². The zero-order valence-electron chi connectivity index (χ0n) is 21.0. The molecule has 1 aliphatic heterocycles. The van der Waals surface area contributed by atoms with Gasteiger partial charge in [0.2, 0.25) is 5.28 Å². The number of aromatic nitrogens is 4. The van der Waals surface area contributed by atoms with Crippen LogP contribution in [0.25, 0.3) is 11.2 Å². The summed E-state index contributed by atoms with van der Waals surface area (Å²) in [7, 11) is 0. The topological polar surface area (TPSA) is 209 Å². The first-order valence-electron chi connectivity index (χ1n) is 11.9. The molecular weight excluding hydrogens is 550 g/mol. The first kappa shape index (κ1) is 29.2. The number of aliphatic carboxylic acids is 2. The summed E-state index contributed by atoms with van der Waals surface area (Å²) in [5.41, 5.74) is -4.54. The van der Waals surface area contributed by atoms with Crippen molar-refractivity contribution in [3.63, 3.8) is 0 Å². The molecular formula is C25H26ClN5O9. The van der Waals surface area contributed by atoms with E-state index in [1.165, 1.54) is 23.0 Å². The smallest absolute Gasteiger partial charge is 0.348 e. The third kappa shape index (κ3) is 5.30. The lowest BCUT2D eigenvalue weighted by Crippen LogP contribution is -2.55. The van der Waals surface area contributed by atoms with Crippen LogP contribution in [0.2, 0.25) is 5.28 Å². The lowest BCUT2D eigenvalue weighted by molar-refractivity contribution is -0.191. The molecule has 40 heavy (non-hydrogen) atoms. The minimum Gasteiger partial charge on any atom is -0.479 e. The van der Waals surface area contributed by atoms with E-state index in [2.05, 4.69) is 26.2 Å². The molecule has 4 rings (SSSR count). The van der Waals surface area contributed by atoms with Gasteiger partial charge in [0.1, 0.15) is 12.2 Å². The van der Waals surface area contributed by atoms with Crippen LogP contribution in [-0.4, -0.2) is 99.7 Å². The van der Waals surface area contributed by atoms with Crippen LogP contribution in [-0.2, 0) is 25.5 Å². The highest BCUT2D eigenvalue weighted by molar-refractivity contribution is 6.28. The number of ether oxygens (including phenoxy) is 2. The van der Waals surface area contributed by atoms with Crippen molar-refractivity contribution in [1.82, 2.24) is 19.5 Å². The molecule has 3 aromatic rings. The predicted octanol–water partition coefficient (Wildman–Crippen LogP) is 0.0623. The number of aliphatic hydroxyl groups is 3. The average molecular weight is 576 g/mol. The monoisotopic (exact) mass is 575 g/mol. The molecule has 0 bridgehead atoms. The van der Waals surface area contributed by atoms with Crippen molar-refractivity contribution >= 4 is 40.5 Å². The fraction of sp³-hybridized carbons (Fsp3) is 0.400. The lowest BCUT2D eigenvalue weighted by atomic mass is 9.92. The maximum atomic E-state index is 12.2. The Bertz CT molecular complexity index is 1430. The summed E-state index contributed by atoms with van der Waals surface area (Å²) in [5.74, 6) is -1.33. The van der Waals surface area contributed by atoms with Gasteiger partial charge in [-0.2, -0.15) is 9.97 Å². The maximum Gasteiger partial charge on any atom is 0.348 e. The summed E-state index contributed by atoms with van der Waals surface area (Å²) in [6.07, 6.45) is 0.691. The summed E-state index contributed by atoms with van der Waals surface area (Å²) >= 11 is 6.07. The highest BCUT2D eigenvalue weighted by Gasteiger charge is 2.58. The van der Waals surface area contributed by atoms with Crippen molar-refractivity contribution in [1.29, 1.82) is 0 Å². The first-order valence-corrected chi connectivity index (χ1v) is 12.3. The number of carboxylic acids is 2. The number of nitrogens with one attached hydrogen (secondary N) is 1. The largest absolute Gasteiger partial charge is 0.479 e. The van der Waals surface area contributed by atoms with E-state index in [4.69, 9.17) is 27.5 Å². The second-order valence-corrected chi connectivity index (χ2v) is 9.57. The van der Waals surface area contributed by atoms with E-state index in [0.717, 1.165) is 0 Å². The molecule has 1 fully saturated rings. The molecule has 15 heteroatoms. The molecule has 2 aromatic heterocycles. The molecule has 0 radical (unpaired) electrons. The van der Waals surface area contributed by atoms with E-state index in [1.54, 1.807) is 25.1 Å². The number of rotatable bonds is 11. The van der Waals surface area contributed by atoms with Gasteiger partial charge in [-0.05, 0) is 24.1 Å². The number of carboxylic acid groups (broad SMARTS) is 2. The van der Waals surface area contributed by atoms with E-state index < -0.39 is 60.7 Å². The van der Waals surface area contributed by atoms with E-state index in [1.807, 2.05) is 0 Å². The summed E-state index contributed by atoms with van der Waals surface area (Å²) in [6, 6.07) is 7.97. The lowest BCUT2D eigenvalue weighted by Gasteiger charge is -2.30. The molecule has 1 aromatic carbocycles. The summed E-state index contributed by atoms with van der Waals surface area (Å²) in [5, 5.41) is 54.2. The molecule has 0 spiro atoms. The third-order valence-electron chi connectivity index (χ3n) is 6.45. The third-order valence-corrected chi connectivity index (χ3v) is 6.62. The number of benzene rings is 1. The number of fused-ring (bicyclic) bond motifs is 1. The van der Waals surface area contributed by atoms with Gasteiger partial charge < -0.3 is 40.3 Å². The minimum absolute atomic E-state index is 0.0765. The second-order valence-electron chi connectivity index (χ2n) is 9.24. The van der Waals surface area contributed by atoms with Crippen LogP contribution in [0.1, 0.15) is 18.7 Å². The van der Waals surface area contributed by atoms with Gasteiger partial charge >= 0.3 is 11.9 Å². The van der Waals surface area contributed by atoms with Gasteiger partial charge in [-0.1, -0.05) is 36.3 Å². The first-order chi connectivity index (χ1) is 18.9. The number of aliphatic hydroxyl groups excluding tert-OH is 2. The normalized spacial score (nSPS) is 23.6. The molecule has 3 heterocycles. The quantitative estimate of drug-likeness (QED) is 0.102. The minimum atomic E-state index is -2.75. The molecule has 0 saturated carbocycles. The zero-order chi connectivity index (χ0) is 29.2. The number of hydrogen-bond donors (Lipinski definition) is 6. The number of anilines is 1. The van der Waals surface area contributed by atoms with Gasteiger partial charge in [0.25, 0.3) is 5.60 Å². The van der Waals surface area contributed by atoms with Crippen molar-refractivity contribution in [2.45, 2.75) is 49.1 Å². The van der Waals surface area contributed by atoms with E-state index in [9.17, 15) is 35.1 Å². The van der Waals surface area contributed by atoms with Crippen LogP contribution >= 0.6 is 11.6 Å². The Morgan fingerprint density at radius 2 is 1.98 bits per heavy atom. The number of halogens is 1. The van der Waals surface area contributed by atoms with Gasteiger partial charge in [0.05, 0.1) is 19.0 Å². The van der Waals surface area contributed by atoms with Crippen LogP contribution in [0.4, 0.5) is 5.82 Å².